The van der Waals surface area contributed by atoms with Gasteiger partial charge in [0, 0.05) is 25.4 Å². The lowest BCUT2D eigenvalue weighted by Crippen LogP contribution is -2.50. The Balaban J connectivity index is 1.04. The Bertz CT molecular complexity index is 1310. The van der Waals surface area contributed by atoms with Crippen LogP contribution in [0.15, 0.2) is 42.3 Å². The van der Waals surface area contributed by atoms with E-state index in [1.165, 1.54) is 36.0 Å². The average molecular weight is 680 g/mol. The number of likely N-dealkylation sites (N-methyl/N-ethyl adjacent to an activating group) is 1. The lowest BCUT2D eigenvalue weighted by molar-refractivity contribution is -0.873. The molecule has 0 saturated heterocycles. The fraction of sp³-hybridized carbons (Fsp3) is 0.762. The summed E-state index contributed by atoms with van der Waals surface area (Å²) in [6.07, 6.45) is 20.8. The van der Waals surface area contributed by atoms with E-state index in [-0.39, 0.29) is 41.2 Å². The molecule has 7 nitrogen and oxygen atoms in total. The van der Waals surface area contributed by atoms with E-state index in [0.717, 1.165) is 62.4 Å². The van der Waals surface area contributed by atoms with Crippen molar-refractivity contribution in [1.29, 1.82) is 0 Å². The van der Waals surface area contributed by atoms with Gasteiger partial charge in [0.15, 0.2) is 0 Å². The number of pyridine rings is 1. The fourth-order valence-electron chi connectivity index (χ4n) is 9.94. The molecule has 1 aromatic heterocycles. The highest BCUT2D eigenvalue weighted by atomic mass is 16.6. The lowest BCUT2D eigenvalue weighted by atomic mass is 9.47. The Morgan fingerprint density at radius 1 is 1.04 bits per heavy atom. The van der Waals surface area contributed by atoms with Gasteiger partial charge in [0.2, 0.25) is 0 Å². The van der Waals surface area contributed by atoms with E-state index in [9.17, 15) is 4.79 Å². The molecule has 2 saturated carbocycles. The SMILES string of the molecule is CCCC(C[N+](C)(C)C)OCCC(C)(CC)OCCOCC(=O)OC1CCC2(C)C(=CCC3C2CCC2(C)C(c4cccnc4)=CCC32)C1. The van der Waals surface area contributed by atoms with Crippen LogP contribution in [0.5, 0.6) is 0 Å². The molecule has 0 spiro atoms. The fourth-order valence-corrected chi connectivity index (χ4v) is 9.94. The lowest BCUT2D eigenvalue weighted by Gasteiger charge is -2.57. The van der Waals surface area contributed by atoms with Crippen LogP contribution < -0.4 is 0 Å². The van der Waals surface area contributed by atoms with E-state index in [4.69, 9.17) is 18.9 Å². The highest BCUT2D eigenvalue weighted by Crippen LogP contribution is 2.66. The normalized spacial score (nSPS) is 31.4. The van der Waals surface area contributed by atoms with E-state index >= 15 is 0 Å². The Morgan fingerprint density at radius 3 is 2.55 bits per heavy atom. The summed E-state index contributed by atoms with van der Waals surface area (Å²) >= 11 is 0. The monoisotopic (exact) mass is 680 g/mol. The van der Waals surface area contributed by atoms with Gasteiger partial charge in [0.1, 0.15) is 25.4 Å². The largest absolute Gasteiger partial charge is 0.460 e. The minimum atomic E-state index is -0.272. The van der Waals surface area contributed by atoms with E-state index < -0.39 is 0 Å². The van der Waals surface area contributed by atoms with Crippen molar-refractivity contribution in [2.75, 3.05) is 54.1 Å². The van der Waals surface area contributed by atoms with Gasteiger partial charge in [-0.15, -0.1) is 0 Å². The highest BCUT2D eigenvalue weighted by molar-refractivity contribution is 5.72. The van der Waals surface area contributed by atoms with Crippen molar-refractivity contribution in [2.24, 2.45) is 28.6 Å². The quantitative estimate of drug-likeness (QED) is 0.0713. The minimum Gasteiger partial charge on any atom is -0.460 e. The smallest absolute Gasteiger partial charge is 0.332 e. The van der Waals surface area contributed by atoms with Gasteiger partial charge >= 0.3 is 5.97 Å². The molecule has 5 rings (SSSR count). The molecule has 49 heavy (non-hydrogen) atoms. The number of carbonyl (C=O) groups excluding carboxylic acids is 1. The average Bonchev–Trinajstić information content (AvgIpc) is 3.42. The molecule has 0 N–H and O–H groups in total. The van der Waals surface area contributed by atoms with Crippen molar-refractivity contribution in [2.45, 2.75) is 123 Å². The summed E-state index contributed by atoms with van der Waals surface area (Å²) in [6, 6.07) is 4.30. The Labute approximate surface area is 297 Å². The van der Waals surface area contributed by atoms with Crippen LogP contribution >= 0.6 is 0 Å². The number of hydrogen-bond acceptors (Lipinski definition) is 6. The molecule has 4 aliphatic carbocycles. The minimum absolute atomic E-state index is 0.0247. The van der Waals surface area contributed by atoms with Crippen molar-refractivity contribution >= 4 is 11.5 Å². The summed E-state index contributed by atoms with van der Waals surface area (Å²) in [7, 11) is 6.64. The molecule has 274 valence electrons. The molecule has 0 bridgehead atoms. The van der Waals surface area contributed by atoms with Crippen molar-refractivity contribution < 1.29 is 28.2 Å². The van der Waals surface area contributed by atoms with E-state index in [2.05, 4.69) is 85.0 Å². The molecule has 8 unspecified atom stereocenters. The van der Waals surface area contributed by atoms with Crippen molar-refractivity contribution in [1.82, 2.24) is 4.98 Å². The number of esters is 1. The van der Waals surface area contributed by atoms with Crippen molar-refractivity contribution in [3.63, 3.8) is 0 Å². The first-order chi connectivity index (χ1) is 23.3. The third kappa shape index (κ3) is 9.06. The summed E-state index contributed by atoms with van der Waals surface area (Å²) in [4.78, 5) is 17.3. The molecule has 4 aliphatic rings. The summed E-state index contributed by atoms with van der Waals surface area (Å²) in [5, 5.41) is 0. The molecule has 1 heterocycles. The summed E-state index contributed by atoms with van der Waals surface area (Å²) in [5.74, 6) is 1.84. The molecule has 8 atom stereocenters. The van der Waals surface area contributed by atoms with Gasteiger partial charge in [-0.2, -0.15) is 0 Å². The van der Waals surface area contributed by atoms with Crippen LogP contribution in [0.25, 0.3) is 5.57 Å². The van der Waals surface area contributed by atoms with Gasteiger partial charge < -0.3 is 23.4 Å². The maximum atomic E-state index is 12.8. The summed E-state index contributed by atoms with van der Waals surface area (Å²) in [6.45, 7) is 14.0. The molecule has 0 aromatic carbocycles. The van der Waals surface area contributed by atoms with Gasteiger partial charge in [-0.3, -0.25) is 4.98 Å². The van der Waals surface area contributed by atoms with Gasteiger partial charge in [-0.1, -0.05) is 57.9 Å². The van der Waals surface area contributed by atoms with E-state index in [1.807, 2.05) is 12.4 Å². The summed E-state index contributed by atoms with van der Waals surface area (Å²) < 4.78 is 25.2. The zero-order valence-corrected chi connectivity index (χ0v) is 32.1. The maximum Gasteiger partial charge on any atom is 0.332 e. The highest BCUT2D eigenvalue weighted by Gasteiger charge is 2.57. The van der Waals surface area contributed by atoms with Crippen molar-refractivity contribution in [3.8, 4) is 0 Å². The zero-order chi connectivity index (χ0) is 35.3. The first-order valence-electron chi connectivity index (χ1n) is 19.4. The molecule has 1 aromatic rings. The summed E-state index contributed by atoms with van der Waals surface area (Å²) in [5.41, 5.74) is 4.51. The van der Waals surface area contributed by atoms with Crippen LogP contribution in [0.4, 0.5) is 0 Å². The maximum absolute atomic E-state index is 12.8. The second-order valence-electron chi connectivity index (χ2n) is 17.4. The molecule has 0 radical (unpaired) electrons. The van der Waals surface area contributed by atoms with Gasteiger partial charge in [-0.05, 0) is 110 Å². The second-order valence-corrected chi connectivity index (χ2v) is 17.4. The number of allylic oxidation sites excluding steroid dienone is 3. The van der Waals surface area contributed by atoms with Gasteiger partial charge in [0.25, 0.3) is 0 Å². The Morgan fingerprint density at radius 2 is 1.84 bits per heavy atom. The molecular weight excluding hydrogens is 612 g/mol. The van der Waals surface area contributed by atoms with Crippen LogP contribution in [0.2, 0.25) is 0 Å². The molecule has 2 fully saturated rings. The number of ether oxygens (including phenoxy) is 4. The predicted molar refractivity (Wildman–Crippen MR) is 197 cm³/mol. The molecule has 0 aliphatic heterocycles. The van der Waals surface area contributed by atoms with E-state index in [1.54, 1.807) is 0 Å². The third-order valence-corrected chi connectivity index (χ3v) is 12.9. The number of fused-ring (bicyclic) bond motifs is 5. The van der Waals surface area contributed by atoms with Crippen LogP contribution in [-0.4, -0.2) is 87.4 Å². The predicted octanol–water partition coefficient (Wildman–Crippen LogP) is 8.43. The first-order valence-corrected chi connectivity index (χ1v) is 19.4. The van der Waals surface area contributed by atoms with Crippen LogP contribution in [0.1, 0.15) is 111 Å². The molecular formula is C42H67N2O5+. The Hall–Kier alpha value is -2.06. The number of rotatable bonds is 17. The second kappa shape index (κ2) is 16.1. The van der Waals surface area contributed by atoms with Gasteiger partial charge in [0.05, 0.1) is 40.0 Å². The number of nitrogens with zero attached hydrogens (tertiary/aromatic N) is 2. The molecule has 7 heteroatoms. The van der Waals surface area contributed by atoms with Crippen LogP contribution in [0, 0.1) is 28.6 Å². The van der Waals surface area contributed by atoms with E-state index in [0.29, 0.717) is 37.6 Å². The molecule has 0 amide bonds. The number of hydrogen-bond donors (Lipinski definition) is 0. The van der Waals surface area contributed by atoms with Crippen molar-refractivity contribution in [3.05, 3.63) is 47.8 Å². The third-order valence-electron chi connectivity index (χ3n) is 12.9. The zero-order valence-electron chi connectivity index (χ0n) is 32.1. The van der Waals surface area contributed by atoms with Gasteiger partial charge in [-0.25, -0.2) is 4.79 Å². The number of aromatic nitrogens is 1. The number of quaternary nitrogens is 1. The topological polar surface area (TPSA) is 66.9 Å². The van der Waals surface area contributed by atoms with Crippen LogP contribution in [-0.2, 0) is 23.7 Å². The first kappa shape index (κ1) is 38.2. The Kier molecular flexibility index (Phi) is 12.5. The number of carbonyl (C=O) groups is 1. The standard InChI is InChI=1S/C42H67N2O5/c1-9-12-34(29-44(6,7)8)47-24-22-40(3,10-2)48-26-25-46-30-39(45)49-33-18-20-41(4)32(27-33)14-15-35-37-17-16-36(31-13-11-23-43-28-31)42(37,5)21-19-38(35)41/h11,13-14,16,23,28,33-35,37-38H,9-10,12,15,17-22,24-27,29-30H2,1-8H3/q+1. The van der Waals surface area contributed by atoms with Crippen LogP contribution in [0.3, 0.4) is 0 Å².